The summed E-state index contributed by atoms with van der Waals surface area (Å²) in [5, 5.41) is 9.21. The Morgan fingerprint density at radius 1 is 1.59 bits per heavy atom. The van der Waals surface area contributed by atoms with E-state index in [1.807, 2.05) is 10.6 Å². The van der Waals surface area contributed by atoms with Gasteiger partial charge in [-0.05, 0) is 24.5 Å². The molecule has 1 aromatic carbocycles. The Morgan fingerprint density at radius 2 is 2.41 bits per heavy atom. The Kier molecular flexibility index (Phi) is 2.18. The number of carboxylic acids is 1. The smallest absolute Gasteiger partial charge is 0.337 e. The number of carboxylic acid groups (broad SMARTS) is 1. The molecule has 2 unspecified atom stereocenters. The molecule has 2 atom stereocenters. The summed E-state index contributed by atoms with van der Waals surface area (Å²) in [6.45, 7) is 2.17. The van der Waals surface area contributed by atoms with Crippen molar-refractivity contribution in [3.8, 4) is 0 Å². The van der Waals surface area contributed by atoms with Gasteiger partial charge in [0.15, 0.2) is 0 Å². The maximum absolute atomic E-state index is 11.2. The zero-order valence-electron chi connectivity index (χ0n) is 9.63. The molecule has 1 aromatic heterocycles. The van der Waals surface area contributed by atoms with Gasteiger partial charge in [0.2, 0.25) is 0 Å². The summed E-state index contributed by atoms with van der Waals surface area (Å²) in [6, 6.07) is 5.69. The predicted octanol–water partition coefficient (Wildman–Crippen LogP) is 2.71. The van der Waals surface area contributed by atoms with Crippen LogP contribution in [0.25, 0.3) is 11.0 Å². The number of imidazole rings is 1. The molecule has 3 rings (SSSR count). The van der Waals surface area contributed by atoms with E-state index in [4.69, 9.17) is 0 Å². The normalized spacial score (nSPS) is 22.9. The van der Waals surface area contributed by atoms with Crippen molar-refractivity contribution in [2.45, 2.75) is 25.8 Å². The van der Waals surface area contributed by atoms with E-state index in [1.54, 1.807) is 18.5 Å². The van der Waals surface area contributed by atoms with Gasteiger partial charge in [0, 0.05) is 6.04 Å². The molecule has 1 saturated carbocycles. The van der Waals surface area contributed by atoms with Crippen molar-refractivity contribution in [1.29, 1.82) is 0 Å². The fraction of sp³-hybridized carbons (Fsp3) is 0.385. The Labute approximate surface area is 98.9 Å². The Bertz CT molecular complexity index is 588. The number of carbonyl (C=O) groups is 1. The fourth-order valence-corrected chi connectivity index (χ4v) is 2.52. The van der Waals surface area contributed by atoms with Crippen LogP contribution in [-0.2, 0) is 0 Å². The molecule has 0 radical (unpaired) electrons. The minimum atomic E-state index is -0.883. The summed E-state index contributed by atoms with van der Waals surface area (Å²) in [5.41, 5.74) is 1.88. The van der Waals surface area contributed by atoms with Crippen LogP contribution in [0.15, 0.2) is 24.5 Å². The van der Waals surface area contributed by atoms with Crippen LogP contribution < -0.4 is 0 Å². The van der Waals surface area contributed by atoms with Crippen molar-refractivity contribution in [3.05, 3.63) is 30.1 Å². The summed E-state index contributed by atoms with van der Waals surface area (Å²) in [7, 11) is 0. The Hall–Kier alpha value is -1.84. The summed E-state index contributed by atoms with van der Waals surface area (Å²) in [5.74, 6) is -0.208. The standard InChI is InChI=1S/C13H14N2O2/c1-2-8-6-11(8)15-7-14-10-5-3-4-9(12(10)15)13(16)17/h3-5,7-8,11H,2,6H2,1H3,(H,16,17). The van der Waals surface area contributed by atoms with Gasteiger partial charge < -0.3 is 9.67 Å². The van der Waals surface area contributed by atoms with Crippen molar-refractivity contribution in [2.75, 3.05) is 0 Å². The highest BCUT2D eigenvalue weighted by Gasteiger charge is 2.38. The highest BCUT2D eigenvalue weighted by Crippen LogP contribution is 2.46. The average Bonchev–Trinajstić information content (AvgIpc) is 2.99. The van der Waals surface area contributed by atoms with Crippen molar-refractivity contribution in [2.24, 2.45) is 5.92 Å². The highest BCUT2D eigenvalue weighted by atomic mass is 16.4. The molecular weight excluding hydrogens is 216 g/mol. The molecule has 17 heavy (non-hydrogen) atoms. The van der Waals surface area contributed by atoms with Crippen molar-refractivity contribution in [1.82, 2.24) is 9.55 Å². The number of benzene rings is 1. The lowest BCUT2D eigenvalue weighted by Gasteiger charge is -2.05. The largest absolute Gasteiger partial charge is 0.478 e. The summed E-state index contributed by atoms with van der Waals surface area (Å²) >= 11 is 0. The van der Waals surface area contributed by atoms with E-state index in [1.165, 1.54) is 0 Å². The molecule has 0 amide bonds. The van der Waals surface area contributed by atoms with Gasteiger partial charge in [0.1, 0.15) is 0 Å². The molecule has 4 nitrogen and oxygen atoms in total. The average molecular weight is 230 g/mol. The lowest BCUT2D eigenvalue weighted by molar-refractivity contribution is 0.0698. The van der Waals surface area contributed by atoms with Crippen LogP contribution in [-0.4, -0.2) is 20.6 Å². The Balaban J connectivity index is 2.16. The van der Waals surface area contributed by atoms with Crippen LogP contribution in [0.1, 0.15) is 36.2 Å². The molecular formula is C13H14N2O2. The third kappa shape index (κ3) is 1.52. The molecule has 1 N–H and O–H groups in total. The summed E-state index contributed by atoms with van der Waals surface area (Å²) < 4.78 is 2.03. The second kappa shape index (κ2) is 3.58. The van der Waals surface area contributed by atoms with Gasteiger partial charge in [-0.3, -0.25) is 0 Å². The molecule has 1 heterocycles. The number of rotatable bonds is 3. The SMILES string of the molecule is CCC1CC1n1cnc2cccc(C(=O)O)c21. The van der Waals surface area contributed by atoms with E-state index in [0.717, 1.165) is 23.9 Å². The van der Waals surface area contributed by atoms with Crippen LogP contribution in [0.2, 0.25) is 0 Å². The van der Waals surface area contributed by atoms with Crippen LogP contribution in [0.5, 0.6) is 0 Å². The lowest BCUT2D eigenvalue weighted by Crippen LogP contribution is -2.02. The van der Waals surface area contributed by atoms with E-state index < -0.39 is 5.97 Å². The quantitative estimate of drug-likeness (QED) is 0.882. The van der Waals surface area contributed by atoms with Gasteiger partial charge in [-0.1, -0.05) is 19.4 Å². The first-order chi connectivity index (χ1) is 8.22. The third-order valence-corrected chi connectivity index (χ3v) is 3.59. The zero-order valence-corrected chi connectivity index (χ0v) is 9.63. The molecule has 1 fully saturated rings. The highest BCUT2D eigenvalue weighted by molar-refractivity contribution is 6.01. The number of hydrogen-bond acceptors (Lipinski definition) is 2. The third-order valence-electron chi connectivity index (χ3n) is 3.59. The maximum Gasteiger partial charge on any atom is 0.337 e. The van der Waals surface area contributed by atoms with Gasteiger partial charge in [-0.25, -0.2) is 9.78 Å². The molecule has 0 saturated heterocycles. The van der Waals surface area contributed by atoms with Crippen molar-refractivity contribution in [3.63, 3.8) is 0 Å². The van der Waals surface area contributed by atoms with Gasteiger partial charge in [-0.15, -0.1) is 0 Å². The second-order valence-electron chi connectivity index (χ2n) is 4.60. The number of fused-ring (bicyclic) bond motifs is 1. The first kappa shape index (κ1) is 10.3. The van der Waals surface area contributed by atoms with Crippen molar-refractivity contribution < 1.29 is 9.90 Å². The molecule has 0 aliphatic heterocycles. The molecule has 0 spiro atoms. The lowest BCUT2D eigenvalue weighted by atomic mass is 10.2. The minimum absolute atomic E-state index is 0.349. The topological polar surface area (TPSA) is 55.1 Å². The molecule has 2 aromatic rings. The first-order valence-electron chi connectivity index (χ1n) is 5.91. The van der Waals surface area contributed by atoms with Crippen LogP contribution in [0.4, 0.5) is 0 Å². The number of nitrogens with zero attached hydrogens (tertiary/aromatic N) is 2. The van der Waals surface area contributed by atoms with Gasteiger partial charge >= 0.3 is 5.97 Å². The number of aromatic nitrogens is 2. The fourth-order valence-electron chi connectivity index (χ4n) is 2.52. The monoisotopic (exact) mass is 230 g/mol. The molecule has 1 aliphatic rings. The van der Waals surface area contributed by atoms with Crippen LogP contribution in [0, 0.1) is 5.92 Å². The molecule has 1 aliphatic carbocycles. The maximum atomic E-state index is 11.2. The van der Waals surface area contributed by atoms with Crippen LogP contribution >= 0.6 is 0 Å². The first-order valence-corrected chi connectivity index (χ1v) is 5.91. The predicted molar refractivity (Wildman–Crippen MR) is 64.1 cm³/mol. The van der Waals surface area contributed by atoms with Gasteiger partial charge in [-0.2, -0.15) is 0 Å². The van der Waals surface area contributed by atoms with E-state index in [9.17, 15) is 9.90 Å². The van der Waals surface area contributed by atoms with Crippen molar-refractivity contribution >= 4 is 17.0 Å². The van der Waals surface area contributed by atoms with E-state index in [2.05, 4.69) is 11.9 Å². The molecule has 0 bridgehead atoms. The number of hydrogen-bond donors (Lipinski definition) is 1. The Morgan fingerprint density at radius 3 is 3.06 bits per heavy atom. The zero-order chi connectivity index (χ0) is 12.0. The summed E-state index contributed by atoms with van der Waals surface area (Å²) in [6.07, 6.45) is 4.05. The van der Waals surface area contributed by atoms with Gasteiger partial charge in [0.05, 0.1) is 22.9 Å². The van der Waals surface area contributed by atoms with Gasteiger partial charge in [0.25, 0.3) is 0 Å². The molecule has 4 heteroatoms. The minimum Gasteiger partial charge on any atom is -0.478 e. The number of para-hydroxylation sites is 1. The second-order valence-corrected chi connectivity index (χ2v) is 4.60. The number of aromatic carboxylic acids is 1. The van der Waals surface area contributed by atoms with E-state index >= 15 is 0 Å². The van der Waals surface area contributed by atoms with E-state index in [0.29, 0.717) is 17.5 Å². The van der Waals surface area contributed by atoms with E-state index in [-0.39, 0.29) is 0 Å². The summed E-state index contributed by atoms with van der Waals surface area (Å²) in [4.78, 5) is 15.5. The van der Waals surface area contributed by atoms with Crippen LogP contribution in [0.3, 0.4) is 0 Å². The molecule has 88 valence electrons.